The quantitative estimate of drug-likeness (QED) is 0.762. The molecule has 2 bridgehead atoms. The van der Waals surface area contributed by atoms with Crippen molar-refractivity contribution in [3.8, 4) is 11.5 Å². The third-order valence-corrected chi connectivity index (χ3v) is 8.03. The number of rotatable bonds is 6. The molecular formula is C24H35NO4. The average molecular weight is 402 g/mol. The van der Waals surface area contributed by atoms with E-state index < -0.39 is 0 Å². The van der Waals surface area contributed by atoms with Crippen LogP contribution in [0, 0.1) is 22.7 Å². The summed E-state index contributed by atoms with van der Waals surface area (Å²) in [4.78, 5) is 12.6. The monoisotopic (exact) mass is 401 g/mol. The molecule has 0 radical (unpaired) electrons. The molecule has 5 heteroatoms. The number of hydrogen-bond acceptors (Lipinski definition) is 4. The van der Waals surface area contributed by atoms with Crippen LogP contribution in [-0.2, 0) is 9.53 Å². The van der Waals surface area contributed by atoms with E-state index in [1.165, 1.54) is 6.42 Å². The molecule has 1 heterocycles. The predicted molar refractivity (Wildman–Crippen MR) is 112 cm³/mol. The lowest BCUT2D eigenvalue weighted by molar-refractivity contribution is -0.137. The van der Waals surface area contributed by atoms with Crippen molar-refractivity contribution in [2.45, 2.75) is 65.0 Å². The van der Waals surface area contributed by atoms with Crippen LogP contribution in [0.5, 0.6) is 11.5 Å². The van der Waals surface area contributed by atoms with Crippen molar-refractivity contribution < 1.29 is 19.0 Å². The van der Waals surface area contributed by atoms with Crippen molar-refractivity contribution >= 4 is 5.91 Å². The van der Waals surface area contributed by atoms with Gasteiger partial charge in [0.1, 0.15) is 0 Å². The van der Waals surface area contributed by atoms with Crippen molar-refractivity contribution in [1.29, 1.82) is 0 Å². The Hall–Kier alpha value is -1.75. The lowest BCUT2D eigenvalue weighted by Crippen LogP contribution is -2.58. The van der Waals surface area contributed by atoms with Crippen LogP contribution in [0.15, 0.2) is 18.2 Å². The van der Waals surface area contributed by atoms with Crippen LogP contribution in [0.25, 0.3) is 0 Å². The zero-order valence-electron chi connectivity index (χ0n) is 18.4. The Balaban J connectivity index is 1.71. The van der Waals surface area contributed by atoms with E-state index in [2.05, 4.69) is 32.2 Å². The molecule has 3 aliphatic rings. The highest BCUT2D eigenvalue weighted by Gasteiger charge is 2.68. The first-order chi connectivity index (χ1) is 13.9. The number of nitrogens with one attached hydrogen (secondary N) is 1. The van der Waals surface area contributed by atoms with Gasteiger partial charge in [-0.3, -0.25) is 4.79 Å². The van der Waals surface area contributed by atoms with Crippen molar-refractivity contribution in [3.05, 3.63) is 23.8 Å². The Bertz CT molecular complexity index is 776. The summed E-state index contributed by atoms with van der Waals surface area (Å²) < 4.78 is 17.7. The average Bonchev–Trinajstić information content (AvgIpc) is 3.20. The van der Waals surface area contributed by atoms with E-state index in [0.717, 1.165) is 36.3 Å². The molecule has 1 spiro atoms. The fraction of sp³-hybridized carbons (Fsp3) is 0.708. The molecule has 1 amide bonds. The third kappa shape index (κ3) is 3.04. The molecule has 2 aliphatic carbocycles. The summed E-state index contributed by atoms with van der Waals surface area (Å²) in [7, 11) is 3.36. The van der Waals surface area contributed by atoms with Gasteiger partial charge < -0.3 is 19.5 Å². The minimum Gasteiger partial charge on any atom is -0.493 e. The minimum absolute atomic E-state index is 0.0273. The highest BCUT2D eigenvalue weighted by atomic mass is 16.5. The molecule has 1 aromatic rings. The predicted octanol–water partition coefficient (Wildman–Crippen LogP) is 4.50. The van der Waals surface area contributed by atoms with Crippen LogP contribution in [0.3, 0.4) is 0 Å². The highest BCUT2D eigenvalue weighted by molar-refractivity contribution is 5.76. The molecular weight excluding hydrogens is 366 g/mol. The summed E-state index contributed by atoms with van der Waals surface area (Å²) in [5.74, 6) is 2.67. The van der Waals surface area contributed by atoms with Gasteiger partial charge in [0.2, 0.25) is 5.91 Å². The van der Waals surface area contributed by atoms with Gasteiger partial charge in [0.05, 0.1) is 20.3 Å². The molecule has 0 aromatic heterocycles. The standard InChI is InChI=1S/C24H35NO4/c1-6-8-19(26)25-22-23(2,3)15-13-17-20(29-12-11-24(17,22)14-15)16-9-7-10-18(27-4)21(16)28-5/h7,9-10,15,17,20,22H,6,8,11-14H2,1-5H3,(H,25,26)/t15-,17-,20-,22+,24?/m1/s1. The molecule has 4 rings (SSSR count). The summed E-state index contributed by atoms with van der Waals surface area (Å²) in [6.07, 6.45) is 4.77. The number of methoxy groups -OCH3 is 2. The number of amides is 1. The fourth-order valence-corrected chi connectivity index (χ4v) is 6.69. The second kappa shape index (κ2) is 7.50. The van der Waals surface area contributed by atoms with Crippen molar-refractivity contribution in [2.24, 2.45) is 22.7 Å². The van der Waals surface area contributed by atoms with Crippen LogP contribution in [0.1, 0.15) is 64.5 Å². The van der Waals surface area contributed by atoms with Crippen molar-refractivity contribution in [1.82, 2.24) is 5.32 Å². The van der Waals surface area contributed by atoms with E-state index in [0.29, 0.717) is 24.9 Å². The molecule has 160 valence electrons. The number of ether oxygens (including phenoxy) is 3. The van der Waals surface area contributed by atoms with Gasteiger partial charge in [0.25, 0.3) is 0 Å². The molecule has 1 saturated heterocycles. The summed E-state index contributed by atoms with van der Waals surface area (Å²) in [6.45, 7) is 7.46. The molecule has 5 nitrogen and oxygen atoms in total. The maximum absolute atomic E-state index is 12.6. The Morgan fingerprint density at radius 2 is 2.07 bits per heavy atom. The third-order valence-electron chi connectivity index (χ3n) is 8.03. The molecule has 29 heavy (non-hydrogen) atoms. The first-order valence-electron chi connectivity index (χ1n) is 11.0. The normalized spacial score (nSPS) is 34.5. The number of carbonyl (C=O) groups is 1. The van der Waals surface area contributed by atoms with E-state index in [9.17, 15) is 4.79 Å². The van der Waals surface area contributed by atoms with Gasteiger partial charge in [0.15, 0.2) is 11.5 Å². The Kier molecular flexibility index (Phi) is 5.30. The Labute approximate surface area is 174 Å². The van der Waals surface area contributed by atoms with E-state index in [1.807, 2.05) is 12.1 Å². The summed E-state index contributed by atoms with van der Waals surface area (Å²) in [5, 5.41) is 3.46. The van der Waals surface area contributed by atoms with Crippen molar-refractivity contribution in [2.75, 3.05) is 20.8 Å². The lowest BCUT2D eigenvalue weighted by atomic mass is 9.58. The van der Waals surface area contributed by atoms with Gasteiger partial charge in [-0.05, 0) is 54.4 Å². The maximum atomic E-state index is 12.6. The molecule has 1 unspecified atom stereocenters. The molecule has 5 atom stereocenters. The topological polar surface area (TPSA) is 56.8 Å². The second-order valence-electron chi connectivity index (χ2n) is 9.67. The van der Waals surface area contributed by atoms with E-state index in [1.54, 1.807) is 14.2 Å². The molecule has 1 aliphatic heterocycles. The maximum Gasteiger partial charge on any atom is 0.220 e. The highest BCUT2D eigenvalue weighted by Crippen LogP contribution is 2.71. The number of hydrogen-bond donors (Lipinski definition) is 1. The first-order valence-corrected chi connectivity index (χ1v) is 11.0. The molecule has 3 fully saturated rings. The van der Waals surface area contributed by atoms with Gasteiger partial charge in [-0.2, -0.15) is 0 Å². The van der Waals surface area contributed by atoms with Gasteiger partial charge in [-0.25, -0.2) is 0 Å². The SMILES string of the molecule is CCCC(=O)N[C@H]1C(C)(C)[C@@H]2C[C@@H]3[C@@H](c4cccc(OC)c4OC)OCCC31C2. The number of carbonyl (C=O) groups excluding carboxylic acids is 1. The van der Waals surface area contributed by atoms with Crippen molar-refractivity contribution in [3.63, 3.8) is 0 Å². The number of fused-ring (bicyclic) bond motifs is 1. The van der Waals surface area contributed by atoms with Crippen LogP contribution in [0.2, 0.25) is 0 Å². The molecule has 1 aromatic carbocycles. The van der Waals surface area contributed by atoms with Gasteiger partial charge in [-0.1, -0.05) is 32.9 Å². The lowest BCUT2D eigenvalue weighted by Gasteiger charge is -2.53. The molecule has 2 saturated carbocycles. The van der Waals surface area contributed by atoms with Gasteiger partial charge >= 0.3 is 0 Å². The van der Waals surface area contributed by atoms with Crippen LogP contribution in [-0.4, -0.2) is 32.8 Å². The summed E-state index contributed by atoms with van der Waals surface area (Å²) >= 11 is 0. The van der Waals surface area contributed by atoms with E-state index >= 15 is 0 Å². The summed E-state index contributed by atoms with van der Waals surface area (Å²) in [5.41, 5.74) is 1.27. The van der Waals surface area contributed by atoms with E-state index in [4.69, 9.17) is 14.2 Å². The summed E-state index contributed by atoms with van der Waals surface area (Å²) in [6, 6.07) is 6.24. The largest absolute Gasteiger partial charge is 0.493 e. The van der Waals surface area contributed by atoms with E-state index in [-0.39, 0.29) is 28.9 Å². The first kappa shape index (κ1) is 20.5. The van der Waals surface area contributed by atoms with Crippen LogP contribution < -0.4 is 14.8 Å². The fourth-order valence-electron chi connectivity index (χ4n) is 6.69. The second-order valence-corrected chi connectivity index (χ2v) is 9.67. The Morgan fingerprint density at radius 3 is 2.76 bits per heavy atom. The smallest absolute Gasteiger partial charge is 0.220 e. The number of benzene rings is 1. The molecule has 1 N–H and O–H groups in total. The van der Waals surface area contributed by atoms with Gasteiger partial charge in [-0.15, -0.1) is 0 Å². The van der Waals surface area contributed by atoms with Gasteiger partial charge in [0, 0.05) is 24.6 Å². The van der Waals surface area contributed by atoms with Crippen LogP contribution in [0.4, 0.5) is 0 Å². The van der Waals surface area contributed by atoms with Crippen LogP contribution >= 0.6 is 0 Å². The Morgan fingerprint density at radius 1 is 1.28 bits per heavy atom. The zero-order valence-corrected chi connectivity index (χ0v) is 18.4. The zero-order chi connectivity index (χ0) is 20.8. The minimum atomic E-state index is -0.0273. The number of para-hydroxylation sites is 1.